The van der Waals surface area contributed by atoms with Crippen LogP contribution in [-0.2, 0) is 4.79 Å². The van der Waals surface area contributed by atoms with Gasteiger partial charge in [-0.3, -0.25) is 0 Å². The van der Waals surface area contributed by atoms with Crippen LogP contribution in [0.4, 0.5) is 0 Å². The van der Waals surface area contributed by atoms with Crippen molar-refractivity contribution in [1.29, 1.82) is 0 Å². The van der Waals surface area contributed by atoms with E-state index in [0.29, 0.717) is 31.1 Å². The van der Waals surface area contributed by atoms with E-state index in [4.69, 9.17) is 14.6 Å². The van der Waals surface area contributed by atoms with E-state index in [1.165, 1.54) is 12.1 Å². The maximum Gasteiger partial charge on any atom is 0.337 e. The minimum absolute atomic E-state index is 0.109. The molecule has 1 aromatic carbocycles. The predicted molar refractivity (Wildman–Crippen MR) is 56.3 cm³/mol. The van der Waals surface area contributed by atoms with Crippen LogP contribution in [0.1, 0.15) is 18.1 Å². The lowest BCUT2D eigenvalue weighted by molar-refractivity contribution is -0.147. The fourth-order valence-corrected chi connectivity index (χ4v) is 1.57. The van der Waals surface area contributed by atoms with Crippen LogP contribution in [0.3, 0.4) is 0 Å². The molecule has 1 aliphatic rings. The summed E-state index contributed by atoms with van der Waals surface area (Å²) >= 11 is 0. The van der Waals surface area contributed by atoms with Gasteiger partial charge in [-0.25, -0.2) is 4.79 Å². The third kappa shape index (κ3) is 2.26. The highest BCUT2D eigenvalue weighted by molar-refractivity contribution is 5.75. The minimum Gasteiger partial charge on any atom is -0.507 e. The molecule has 0 saturated carbocycles. The first-order valence-corrected chi connectivity index (χ1v) is 5.13. The number of carboxylic acids is 1. The van der Waals surface area contributed by atoms with Crippen LogP contribution in [0.2, 0.25) is 0 Å². The molecule has 0 saturated heterocycles. The van der Waals surface area contributed by atoms with Gasteiger partial charge >= 0.3 is 5.97 Å². The zero-order valence-electron chi connectivity index (χ0n) is 8.92. The van der Waals surface area contributed by atoms with Crippen LogP contribution in [0.25, 0.3) is 0 Å². The number of aliphatic carboxylic acids is 1. The molecule has 0 spiro atoms. The summed E-state index contributed by atoms with van der Waals surface area (Å²) in [4.78, 5) is 10.7. The maximum absolute atomic E-state index is 10.7. The highest BCUT2D eigenvalue weighted by Gasteiger charge is 2.23. The molecule has 3 N–H and O–H groups in total. The van der Waals surface area contributed by atoms with Crippen molar-refractivity contribution >= 4 is 5.97 Å². The molecular formula is C11H12O6. The van der Waals surface area contributed by atoms with Crippen LogP contribution in [0.5, 0.6) is 17.2 Å². The number of fused-ring (bicyclic) bond motifs is 1. The van der Waals surface area contributed by atoms with Gasteiger partial charge in [0.2, 0.25) is 0 Å². The predicted octanol–water partition coefficient (Wildman–Crippen LogP) is 0.671. The Morgan fingerprint density at radius 3 is 2.41 bits per heavy atom. The zero-order chi connectivity index (χ0) is 12.4. The molecule has 6 heteroatoms. The first-order chi connectivity index (χ1) is 8.09. The number of hydrogen-bond donors (Lipinski definition) is 3. The molecule has 0 amide bonds. The van der Waals surface area contributed by atoms with Gasteiger partial charge < -0.3 is 24.8 Å². The lowest BCUT2D eigenvalue weighted by atomic mass is 10.1. The Bertz CT molecular complexity index is 442. The third-order valence-corrected chi connectivity index (χ3v) is 2.43. The number of benzene rings is 1. The van der Waals surface area contributed by atoms with Gasteiger partial charge in [0.15, 0.2) is 17.6 Å². The topological polar surface area (TPSA) is 96.2 Å². The number of aliphatic hydroxyl groups excluding tert-OH is 1. The molecule has 0 fully saturated rings. The van der Waals surface area contributed by atoms with E-state index in [9.17, 15) is 15.0 Å². The van der Waals surface area contributed by atoms with Gasteiger partial charge in [-0.2, -0.15) is 0 Å². The van der Waals surface area contributed by atoms with E-state index in [0.717, 1.165) is 0 Å². The van der Waals surface area contributed by atoms with Crippen molar-refractivity contribution in [2.45, 2.75) is 12.5 Å². The van der Waals surface area contributed by atoms with Crippen LogP contribution in [-0.4, -0.2) is 34.5 Å². The van der Waals surface area contributed by atoms with Gasteiger partial charge in [-0.15, -0.1) is 0 Å². The van der Waals surface area contributed by atoms with Crippen LogP contribution < -0.4 is 9.47 Å². The first kappa shape index (κ1) is 11.5. The Kier molecular flexibility index (Phi) is 3.06. The van der Waals surface area contributed by atoms with E-state index < -0.39 is 12.1 Å². The molecule has 17 heavy (non-hydrogen) atoms. The number of rotatable bonds is 2. The normalized spacial score (nSPS) is 16.1. The molecule has 0 radical (unpaired) electrons. The second-order valence-electron chi connectivity index (χ2n) is 3.65. The number of carbonyl (C=O) groups is 1. The summed E-state index contributed by atoms with van der Waals surface area (Å²) in [6.07, 6.45) is -1.08. The average Bonchev–Trinajstić information content (AvgIpc) is 2.51. The van der Waals surface area contributed by atoms with Crippen molar-refractivity contribution in [2.24, 2.45) is 0 Å². The van der Waals surface area contributed by atoms with Gasteiger partial charge in [-0.1, -0.05) is 0 Å². The lowest BCUT2D eigenvalue weighted by Crippen LogP contribution is -2.11. The smallest absolute Gasteiger partial charge is 0.337 e. The number of phenolic OH excluding ortho intramolecular Hbond substituents is 1. The summed E-state index contributed by atoms with van der Waals surface area (Å²) in [7, 11) is 0. The highest BCUT2D eigenvalue weighted by Crippen LogP contribution is 2.38. The Balaban J connectivity index is 2.42. The molecule has 1 atom stereocenters. The van der Waals surface area contributed by atoms with E-state index >= 15 is 0 Å². The van der Waals surface area contributed by atoms with Gasteiger partial charge in [-0.05, 0) is 6.07 Å². The molecular weight excluding hydrogens is 228 g/mol. The fourth-order valence-electron chi connectivity index (χ4n) is 1.57. The second-order valence-corrected chi connectivity index (χ2v) is 3.65. The van der Waals surface area contributed by atoms with E-state index in [1.54, 1.807) is 0 Å². The Morgan fingerprint density at radius 1 is 1.24 bits per heavy atom. The molecule has 1 heterocycles. The molecule has 0 bridgehead atoms. The Labute approximate surface area is 97.0 Å². The van der Waals surface area contributed by atoms with Gasteiger partial charge in [0.25, 0.3) is 0 Å². The minimum atomic E-state index is -1.79. The summed E-state index contributed by atoms with van der Waals surface area (Å²) in [6.45, 7) is 0.910. The number of ether oxygens (including phenoxy) is 2. The molecule has 1 unspecified atom stereocenters. The van der Waals surface area contributed by atoms with Gasteiger partial charge in [0.1, 0.15) is 5.75 Å². The summed E-state index contributed by atoms with van der Waals surface area (Å²) < 4.78 is 10.6. The summed E-state index contributed by atoms with van der Waals surface area (Å²) in [6, 6.07) is 2.54. The first-order valence-electron chi connectivity index (χ1n) is 5.13. The quantitative estimate of drug-likeness (QED) is 0.703. The molecule has 1 aromatic rings. The van der Waals surface area contributed by atoms with Crippen molar-refractivity contribution in [3.05, 3.63) is 17.7 Å². The van der Waals surface area contributed by atoms with E-state index in [1.807, 2.05) is 0 Å². The number of hydrogen-bond acceptors (Lipinski definition) is 5. The molecule has 6 nitrogen and oxygen atoms in total. The number of carboxylic acid groups (broad SMARTS) is 1. The van der Waals surface area contributed by atoms with Crippen molar-refractivity contribution in [2.75, 3.05) is 13.2 Å². The zero-order valence-corrected chi connectivity index (χ0v) is 8.92. The molecule has 0 aliphatic carbocycles. The Morgan fingerprint density at radius 2 is 1.82 bits per heavy atom. The number of phenols is 1. The SMILES string of the molecule is O=C(O)C(O)c1cc2c(cc1O)OCCCO2. The van der Waals surface area contributed by atoms with Crippen molar-refractivity contribution in [3.8, 4) is 17.2 Å². The molecule has 2 rings (SSSR count). The maximum atomic E-state index is 10.7. The van der Waals surface area contributed by atoms with Gasteiger partial charge in [0.05, 0.1) is 13.2 Å². The van der Waals surface area contributed by atoms with Crippen molar-refractivity contribution in [1.82, 2.24) is 0 Å². The van der Waals surface area contributed by atoms with Crippen LogP contribution in [0.15, 0.2) is 12.1 Å². The highest BCUT2D eigenvalue weighted by atomic mass is 16.5. The summed E-state index contributed by atoms with van der Waals surface area (Å²) in [5.74, 6) is -1.09. The van der Waals surface area contributed by atoms with Crippen LogP contribution in [0, 0.1) is 0 Å². The van der Waals surface area contributed by atoms with Gasteiger partial charge in [0, 0.05) is 18.1 Å². The molecule has 92 valence electrons. The molecule has 0 aromatic heterocycles. The Hall–Kier alpha value is -1.95. The fraction of sp³-hybridized carbons (Fsp3) is 0.364. The summed E-state index contributed by atoms with van der Waals surface area (Å²) in [5, 5.41) is 27.7. The van der Waals surface area contributed by atoms with E-state index in [-0.39, 0.29) is 11.3 Å². The standard InChI is InChI=1S/C11H12O6/c12-7-5-9-8(16-2-1-3-17-9)4-6(7)10(13)11(14)15/h4-5,10,12-13H,1-3H2,(H,14,15). The average molecular weight is 240 g/mol. The monoisotopic (exact) mass is 240 g/mol. The number of aliphatic hydroxyl groups is 1. The van der Waals surface area contributed by atoms with Crippen molar-refractivity contribution < 1.29 is 29.6 Å². The second kappa shape index (κ2) is 4.50. The van der Waals surface area contributed by atoms with Crippen molar-refractivity contribution in [3.63, 3.8) is 0 Å². The summed E-state index contributed by atoms with van der Waals surface area (Å²) in [5.41, 5.74) is -0.109. The van der Waals surface area contributed by atoms with Crippen LogP contribution >= 0.6 is 0 Å². The number of aromatic hydroxyl groups is 1. The third-order valence-electron chi connectivity index (χ3n) is 2.43. The lowest BCUT2D eigenvalue weighted by Gasteiger charge is -2.13. The largest absolute Gasteiger partial charge is 0.507 e. The van der Waals surface area contributed by atoms with E-state index in [2.05, 4.69) is 0 Å². The molecule has 1 aliphatic heterocycles.